The van der Waals surface area contributed by atoms with Crippen LogP contribution < -0.4 is 9.80 Å². The Morgan fingerprint density at radius 1 is 0.792 bits per heavy atom. The highest BCUT2D eigenvalue weighted by molar-refractivity contribution is 5.92. The molecule has 0 aliphatic heterocycles. The Labute approximate surface area is 143 Å². The molecule has 0 unspecified atom stereocenters. The van der Waals surface area contributed by atoms with Crippen molar-refractivity contribution in [2.45, 2.75) is 0 Å². The summed E-state index contributed by atoms with van der Waals surface area (Å²) in [5.41, 5.74) is 4.59. The van der Waals surface area contributed by atoms with Gasteiger partial charge in [0.1, 0.15) is 5.82 Å². The van der Waals surface area contributed by atoms with Gasteiger partial charge in [-0.25, -0.2) is 4.98 Å². The van der Waals surface area contributed by atoms with Crippen molar-refractivity contribution in [1.29, 1.82) is 0 Å². The summed E-state index contributed by atoms with van der Waals surface area (Å²) in [6, 6.07) is 19.0. The first-order chi connectivity index (χ1) is 11.5. The second kappa shape index (κ2) is 6.75. The number of hydrogen-bond donors (Lipinski definition) is 0. The minimum Gasteiger partial charge on any atom is -0.378 e. The van der Waals surface area contributed by atoms with Crippen molar-refractivity contribution in [3.63, 3.8) is 0 Å². The molecule has 0 atom stereocenters. The lowest BCUT2D eigenvalue weighted by atomic mass is 10.1. The maximum Gasteiger partial charge on any atom is 0.129 e. The predicted molar refractivity (Wildman–Crippen MR) is 106 cm³/mol. The van der Waals surface area contributed by atoms with E-state index in [1.165, 1.54) is 22.2 Å². The van der Waals surface area contributed by atoms with Crippen LogP contribution in [0.2, 0.25) is 0 Å². The van der Waals surface area contributed by atoms with Crippen molar-refractivity contribution < 1.29 is 0 Å². The molecule has 3 heteroatoms. The van der Waals surface area contributed by atoms with Crippen LogP contribution in [0.3, 0.4) is 0 Å². The third-order valence-corrected chi connectivity index (χ3v) is 4.06. The Morgan fingerprint density at radius 2 is 1.50 bits per heavy atom. The molecule has 3 nitrogen and oxygen atoms in total. The number of pyridine rings is 1. The van der Waals surface area contributed by atoms with E-state index in [1.54, 1.807) is 0 Å². The highest BCUT2D eigenvalue weighted by atomic mass is 15.1. The first-order valence-electron chi connectivity index (χ1n) is 8.07. The molecule has 0 N–H and O–H groups in total. The Kier molecular flexibility index (Phi) is 4.52. The van der Waals surface area contributed by atoms with Crippen LogP contribution in [-0.2, 0) is 0 Å². The van der Waals surface area contributed by atoms with Gasteiger partial charge in [-0.2, -0.15) is 0 Å². The van der Waals surface area contributed by atoms with Gasteiger partial charge < -0.3 is 9.80 Å². The van der Waals surface area contributed by atoms with E-state index in [2.05, 4.69) is 79.7 Å². The molecule has 0 saturated carbocycles. The normalized spacial score (nSPS) is 11.2. The maximum atomic E-state index is 4.71. The number of rotatable bonds is 4. The highest BCUT2D eigenvalue weighted by Gasteiger charge is 2.05. The van der Waals surface area contributed by atoms with Crippen molar-refractivity contribution in [3.05, 3.63) is 65.7 Å². The monoisotopic (exact) mass is 317 g/mol. The van der Waals surface area contributed by atoms with Gasteiger partial charge in [0.05, 0.1) is 5.52 Å². The zero-order chi connectivity index (χ0) is 17.1. The molecule has 122 valence electrons. The second-order valence-corrected chi connectivity index (χ2v) is 6.30. The van der Waals surface area contributed by atoms with Gasteiger partial charge in [-0.1, -0.05) is 42.5 Å². The molecule has 24 heavy (non-hydrogen) atoms. The van der Waals surface area contributed by atoms with Crippen molar-refractivity contribution in [2.75, 3.05) is 38.0 Å². The van der Waals surface area contributed by atoms with Crippen molar-refractivity contribution in [2.24, 2.45) is 0 Å². The van der Waals surface area contributed by atoms with Gasteiger partial charge in [-0.3, -0.25) is 0 Å². The second-order valence-electron chi connectivity index (χ2n) is 6.30. The minimum absolute atomic E-state index is 0.969. The van der Waals surface area contributed by atoms with E-state index in [0.29, 0.717) is 0 Å². The van der Waals surface area contributed by atoms with Gasteiger partial charge in [-0.15, -0.1) is 0 Å². The molecule has 0 aliphatic rings. The van der Waals surface area contributed by atoms with Crippen LogP contribution in [0.4, 0.5) is 11.5 Å². The third kappa shape index (κ3) is 3.40. The quantitative estimate of drug-likeness (QED) is 0.704. The minimum atomic E-state index is 0.969. The zero-order valence-corrected chi connectivity index (χ0v) is 14.7. The van der Waals surface area contributed by atoms with Crippen LogP contribution in [0.5, 0.6) is 0 Å². The fourth-order valence-corrected chi connectivity index (χ4v) is 2.62. The first kappa shape index (κ1) is 16.1. The van der Waals surface area contributed by atoms with E-state index in [1.807, 2.05) is 25.1 Å². The fourth-order valence-electron chi connectivity index (χ4n) is 2.62. The van der Waals surface area contributed by atoms with Crippen LogP contribution in [0, 0.1) is 0 Å². The summed E-state index contributed by atoms with van der Waals surface area (Å²) in [6.07, 6.45) is 4.32. The summed E-state index contributed by atoms with van der Waals surface area (Å²) in [5, 5.41) is 1.17. The van der Waals surface area contributed by atoms with Crippen molar-refractivity contribution in [1.82, 2.24) is 4.98 Å². The molecule has 2 aromatic carbocycles. The molecule has 0 amide bonds. The molecule has 1 aromatic heterocycles. The van der Waals surface area contributed by atoms with E-state index >= 15 is 0 Å². The fraction of sp³-hybridized carbons (Fsp3) is 0.190. The Hall–Kier alpha value is -2.81. The molecule has 0 bridgehead atoms. The number of para-hydroxylation sites is 1. The highest BCUT2D eigenvalue weighted by Crippen LogP contribution is 2.24. The van der Waals surface area contributed by atoms with E-state index in [4.69, 9.17) is 4.98 Å². The van der Waals surface area contributed by atoms with E-state index in [9.17, 15) is 0 Å². The van der Waals surface area contributed by atoms with Gasteiger partial charge in [0.25, 0.3) is 0 Å². The molecular formula is C21H23N3. The van der Waals surface area contributed by atoms with E-state index in [0.717, 1.165) is 11.3 Å². The van der Waals surface area contributed by atoms with Crippen LogP contribution in [-0.4, -0.2) is 33.2 Å². The lowest BCUT2D eigenvalue weighted by Crippen LogP contribution is -2.10. The summed E-state index contributed by atoms with van der Waals surface area (Å²) in [7, 11) is 8.14. The van der Waals surface area contributed by atoms with Gasteiger partial charge in [0.15, 0.2) is 0 Å². The molecule has 3 rings (SSSR count). The zero-order valence-electron chi connectivity index (χ0n) is 14.7. The largest absolute Gasteiger partial charge is 0.378 e. The van der Waals surface area contributed by atoms with Crippen LogP contribution in [0.25, 0.3) is 23.1 Å². The number of fused-ring (bicyclic) bond motifs is 1. The molecule has 1 heterocycles. The van der Waals surface area contributed by atoms with E-state index < -0.39 is 0 Å². The SMILES string of the molecule is CN(C)c1ccc(C=Cc2cc(N(C)C)nc3ccccc23)cc1. The predicted octanol–water partition coefficient (Wildman–Crippen LogP) is 4.54. The van der Waals surface area contributed by atoms with Crippen LogP contribution in [0.1, 0.15) is 11.1 Å². The number of aromatic nitrogens is 1. The van der Waals surface area contributed by atoms with E-state index in [-0.39, 0.29) is 0 Å². The first-order valence-corrected chi connectivity index (χ1v) is 8.07. The number of nitrogens with zero attached hydrogens (tertiary/aromatic N) is 3. The third-order valence-electron chi connectivity index (χ3n) is 4.06. The molecule has 0 radical (unpaired) electrons. The lowest BCUT2D eigenvalue weighted by molar-refractivity contribution is 1.08. The number of hydrogen-bond acceptors (Lipinski definition) is 3. The maximum absolute atomic E-state index is 4.71. The average molecular weight is 317 g/mol. The molecular weight excluding hydrogens is 294 g/mol. The standard InChI is InChI=1S/C21H23N3/c1-23(2)18-13-10-16(11-14-18)9-12-17-15-21(24(3)4)22-20-8-6-5-7-19(17)20/h5-15H,1-4H3. The summed E-state index contributed by atoms with van der Waals surface area (Å²) in [6.45, 7) is 0. The summed E-state index contributed by atoms with van der Waals surface area (Å²) < 4.78 is 0. The van der Waals surface area contributed by atoms with Gasteiger partial charge >= 0.3 is 0 Å². The Bertz CT molecular complexity index is 862. The van der Waals surface area contributed by atoms with Crippen molar-refractivity contribution in [3.8, 4) is 0 Å². The van der Waals surface area contributed by atoms with Gasteiger partial charge in [-0.05, 0) is 35.4 Å². The number of anilines is 2. The summed E-state index contributed by atoms with van der Waals surface area (Å²) >= 11 is 0. The molecule has 0 spiro atoms. The Morgan fingerprint density at radius 3 is 2.17 bits per heavy atom. The summed E-state index contributed by atoms with van der Waals surface area (Å²) in [5.74, 6) is 0.969. The number of benzene rings is 2. The topological polar surface area (TPSA) is 19.4 Å². The molecule has 3 aromatic rings. The lowest BCUT2D eigenvalue weighted by Gasteiger charge is -2.14. The Balaban J connectivity index is 1.99. The smallest absolute Gasteiger partial charge is 0.129 e. The molecule has 0 saturated heterocycles. The van der Waals surface area contributed by atoms with Crippen LogP contribution in [0.15, 0.2) is 54.6 Å². The van der Waals surface area contributed by atoms with Gasteiger partial charge in [0.2, 0.25) is 0 Å². The van der Waals surface area contributed by atoms with Gasteiger partial charge in [0, 0.05) is 39.3 Å². The van der Waals surface area contributed by atoms with Crippen LogP contribution >= 0.6 is 0 Å². The summed E-state index contributed by atoms with van der Waals surface area (Å²) in [4.78, 5) is 8.85. The van der Waals surface area contributed by atoms with Crippen molar-refractivity contribution >= 4 is 34.6 Å². The molecule has 0 fully saturated rings. The molecule has 0 aliphatic carbocycles. The average Bonchev–Trinajstić information content (AvgIpc) is 2.59.